The van der Waals surface area contributed by atoms with Crippen LogP contribution in [-0.4, -0.2) is 60.8 Å². The highest BCUT2D eigenvalue weighted by atomic mass is 16.7. The molecular formula is C20H26N2O4. The number of amides is 2. The first-order valence-electron chi connectivity index (χ1n) is 9.42. The fraction of sp³-hybridized carbons (Fsp3) is 0.600. The smallest absolute Gasteiger partial charge is 0.238 e. The van der Waals surface area contributed by atoms with Crippen molar-refractivity contribution in [1.82, 2.24) is 9.80 Å². The molecule has 0 aromatic heterocycles. The van der Waals surface area contributed by atoms with Gasteiger partial charge in [-0.1, -0.05) is 30.3 Å². The molecule has 140 valence electrons. The molecule has 2 heterocycles. The molecule has 1 saturated carbocycles. The number of hydrogen-bond donors (Lipinski definition) is 0. The molecule has 6 nitrogen and oxygen atoms in total. The van der Waals surface area contributed by atoms with Crippen molar-refractivity contribution in [2.75, 3.05) is 33.4 Å². The normalized spacial score (nSPS) is 23.0. The van der Waals surface area contributed by atoms with Gasteiger partial charge in [-0.25, -0.2) is 0 Å². The van der Waals surface area contributed by atoms with Gasteiger partial charge in [0.05, 0.1) is 13.2 Å². The molecule has 26 heavy (non-hydrogen) atoms. The lowest BCUT2D eigenvalue weighted by Gasteiger charge is -2.39. The van der Waals surface area contributed by atoms with Gasteiger partial charge in [0, 0.05) is 39.5 Å². The van der Waals surface area contributed by atoms with Gasteiger partial charge in [0.2, 0.25) is 11.8 Å². The maximum absolute atomic E-state index is 13.1. The number of piperidine rings is 1. The molecule has 3 fully saturated rings. The molecular weight excluding hydrogens is 332 g/mol. The minimum Gasteiger partial charge on any atom is -0.347 e. The summed E-state index contributed by atoms with van der Waals surface area (Å²) >= 11 is 0. The van der Waals surface area contributed by atoms with Gasteiger partial charge in [0.15, 0.2) is 5.79 Å². The van der Waals surface area contributed by atoms with Gasteiger partial charge in [-0.15, -0.1) is 0 Å². The van der Waals surface area contributed by atoms with Crippen LogP contribution in [0.1, 0.15) is 31.2 Å². The molecule has 2 amide bonds. The fourth-order valence-electron chi connectivity index (χ4n) is 4.08. The van der Waals surface area contributed by atoms with Gasteiger partial charge in [-0.3, -0.25) is 9.59 Å². The van der Waals surface area contributed by atoms with Crippen LogP contribution in [0.2, 0.25) is 0 Å². The number of benzene rings is 1. The van der Waals surface area contributed by atoms with Crippen LogP contribution in [0.15, 0.2) is 30.3 Å². The highest BCUT2D eigenvalue weighted by Gasteiger charge is 2.59. The molecule has 2 saturated heterocycles. The number of carbonyl (C=O) groups excluding carboxylic acids is 2. The summed E-state index contributed by atoms with van der Waals surface area (Å²) in [6, 6.07) is 9.87. The summed E-state index contributed by atoms with van der Waals surface area (Å²) < 4.78 is 11.5. The third-order valence-corrected chi connectivity index (χ3v) is 5.80. The number of likely N-dealkylation sites (tertiary alicyclic amines) is 1. The minimum absolute atomic E-state index is 0.0183. The first kappa shape index (κ1) is 17.5. The number of nitrogens with zero attached hydrogens (tertiary/aromatic N) is 2. The zero-order valence-corrected chi connectivity index (χ0v) is 15.3. The van der Waals surface area contributed by atoms with E-state index in [2.05, 4.69) is 0 Å². The SMILES string of the molecule is CN(Cc1ccccc1)C(=O)C1(C(=O)N2CCC3(CC2)OCCO3)CC1. The predicted molar refractivity (Wildman–Crippen MR) is 95.0 cm³/mol. The van der Waals surface area contributed by atoms with E-state index in [0.29, 0.717) is 58.5 Å². The molecule has 1 spiro atoms. The largest absolute Gasteiger partial charge is 0.347 e. The van der Waals surface area contributed by atoms with Crippen LogP contribution in [0, 0.1) is 5.41 Å². The molecule has 0 unspecified atom stereocenters. The Morgan fingerprint density at radius 1 is 1.04 bits per heavy atom. The van der Waals surface area contributed by atoms with Crippen LogP contribution >= 0.6 is 0 Å². The van der Waals surface area contributed by atoms with Crippen molar-refractivity contribution in [2.45, 2.75) is 38.0 Å². The Morgan fingerprint density at radius 2 is 1.65 bits per heavy atom. The molecule has 4 rings (SSSR count). The lowest BCUT2D eigenvalue weighted by molar-refractivity contribution is -0.189. The summed E-state index contributed by atoms with van der Waals surface area (Å²) in [6.07, 6.45) is 2.67. The van der Waals surface area contributed by atoms with E-state index in [0.717, 1.165) is 5.56 Å². The maximum atomic E-state index is 13.1. The van der Waals surface area contributed by atoms with E-state index in [4.69, 9.17) is 9.47 Å². The summed E-state index contributed by atoms with van der Waals surface area (Å²) in [5.74, 6) is -0.572. The van der Waals surface area contributed by atoms with E-state index in [1.165, 1.54) is 0 Å². The number of rotatable bonds is 4. The van der Waals surface area contributed by atoms with Crippen molar-refractivity contribution in [3.8, 4) is 0 Å². The van der Waals surface area contributed by atoms with Gasteiger partial charge in [0.1, 0.15) is 5.41 Å². The molecule has 0 N–H and O–H groups in total. The first-order chi connectivity index (χ1) is 12.5. The molecule has 2 aliphatic heterocycles. The fourth-order valence-corrected chi connectivity index (χ4v) is 4.08. The Hall–Kier alpha value is -1.92. The second kappa shape index (κ2) is 6.67. The van der Waals surface area contributed by atoms with Crippen LogP contribution in [0.5, 0.6) is 0 Å². The van der Waals surface area contributed by atoms with Gasteiger partial charge < -0.3 is 19.3 Å². The van der Waals surface area contributed by atoms with Gasteiger partial charge >= 0.3 is 0 Å². The monoisotopic (exact) mass is 358 g/mol. The zero-order chi connectivity index (χ0) is 18.2. The summed E-state index contributed by atoms with van der Waals surface area (Å²) in [5, 5.41) is 0. The van der Waals surface area contributed by atoms with E-state index < -0.39 is 11.2 Å². The molecule has 6 heteroatoms. The molecule has 1 aliphatic carbocycles. The minimum atomic E-state index is -0.842. The van der Waals surface area contributed by atoms with Crippen molar-refractivity contribution in [1.29, 1.82) is 0 Å². The molecule has 1 aromatic rings. The lowest BCUT2D eigenvalue weighted by atomic mass is 9.98. The van der Waals surface area contributed by atoms with Crippen LogP contribution in [0.25, 0.3) is 0 Å². The quantitative estimate of drug-likeness (QED) is 0.770. The third kappa shape index (κ3) is 3.12. The van der Waals surface area contributed by atoms with E-state index in [1.807, 2.05) is 35.2 Å². The summed E-state index contributed by atoms with van der Waals surface area (Å²) in [7, 11) is 1.79. The molecule has 0 atom stereocenters. The van der Waals surface area contributed by atoms with Crippen molar-refractivity contribution in [3.63, 3.8) is 0 Å². The van der Waals surface area contributed by atoms with Crippen molar-refractivity contribution in [3.05, 3.63) is 35.9 Å². The van der Waals surface area contributed by atoms with E-state index >= 15 is 0 Å². The topological polar surface area (TPSA) is 59.1 Å². The summed E-state index contributed by atoms with van der Waals surface area (Å²) in [5.41, 5.74) is 0.229. The Balaban J connectivity index is 1.38. The van der Waals surface area contributed by atoms with Crippen molar-refractivity contribution in [2.24, 2.45) is 5.41 Å². The predicted octanol–water partition coefficient (Wildman–Crippen LogP) is 1.79. The Morgan fingerprint density at radius 3 is 2.23 bits per heavy atom. The van der Waals surface area contributed by atoms with Crippen LogP contribution < -0.4 is 0 Å². The third-order valence-electron chi connectivity index (χ3n) is 5.80. The van der Waals surface area contributed by atoms with Crippen LogP contribution in [-0.2, 0) is 25.6 Å². The molecule has 1 aromatic carbocycles. The molecule has 0 bridgehead atoms. The van der Waals surface area contributed by atoms with Crippen molar-refractivity contribution < 1.29 is 19.1 Å². The molecule has 0 radical (unpaired) electrons. The number of ether oxygens (including phenoxy) is 2. The average molecular weight is 358 g/mol. The van der Waals surface area contributed by atoms with Crippen LogP contribution in [0.4, 0.5) is 0 Å². The number of carbonyl (C=O) groups is 2. The van der Waals surface area contributed by atoms with E-state index in [-0.39, 0.29) is 11.8 Å². The second-order valence-corrected chi connectivity index (χ2v) is 7.63. The zero-order valence-electron chi connectivity index (χ0n) is 15.3. The van der Waals surface area contributed by atoms with E-state index in [1.54, 1.807) is 11.9 Å². The molecule has 3 aliphatic rings. The van der Waals surface area contributed by atoms with Crippen LogP contribution in [0.3, 0.4) is 0 Å². The standard InChI is InChI=1S/C20H26N2O4/c1-21(15-16-5-3-2-4-6-16)17(23)19(7-8-19)18(24)22-11-9-20(10-12-22)25-13-14-26-20/h2-6H,7-15H2,1H3. The summed E-state index contributed by atoms with van der Waals surface area (Å²) in [6.45, 7) is 2.97. The van der Waals surface area contributed by atoms with Gasteiger partial charge in [0.25, 0.3) is 0 Å². The summed E-state index contributed by atoms with van der Waals surface area (Å²) in [4.78, 5) is 29.6. The first-order valence-corrected chi connectivity index (χ1v) is 9.42. The second-order valence-electron chi connectivity index (χ2n) is 7.63. The van der Waals surface area contributed by atoms with Gasteiger partial charge in [-0.05, 0) is 18.4 Å². The van der Waals surface area contributed by atoms with E-state index in [9.17, 15) is 9.59 Å². The average Bonchev–Trinajstić information content (AvgIpc) is 3.37. The Kier molecular flexibility index (Phi) is 4.49. The lowest BCUT2D eigenvalue weighted by Crippen LogP contribution is -2.52. The highest BCUT2D eigenvalue weighted by Crippen LogP contribution is 2.49. The van der Waals surface area contributed by atoms with Gasteiger partial charge in [-0.2, -0.15) is 0 Å². The maximum Gasteiger partial charge on any atom is 0.238 e. The Labute approximate surface area is 154 Å². The number of hydrogen-bond acceptors (Lipinski definition) is 4. The van der Waals surface area contributed by atoms with Crippen molar-refractivity contribution >= 4 is 11.8 Å². The highest BCUT2D eigenvalue weighted by molar-refractivity contribution is 6.07. The Bertz CT molecular complexity index is 670.